The van der Waals surface area contributed by atoms with E-state index in [0.717, 1.165) is 67.8 Å². The van der Waals surface area contributed by atoms with Crippen molar-refractivity contribution in [3.8, 4) is 10.4 Å². The van der Waals surface area contributed by atoms with E-state index in [1.807, 2.05) is 6.07 Å². The fourth-order valence-electron chi connectivity index (χ4n) is 8.46. The highest BCUT2D eigenvalue weighted by molar-refractivity contribution is 7.13. The average Bonchev–Trinajstić information content (AvgIpc) is 3.89. The van der Waals surface area contributed by atoms with Crippen molar-refractivity contribution in [2.75, 3.05) is 31.1 Å². The van der Waals surface area contributed by atoms with Gasteiger partial charge < -0.3 is 10.2 Å². The maximum Gasteiger partial charge on any atom is 0.269 e. The number of carbonyl (C=O) groups excluding carboxylic acids is 3. The summed E-state index contributed by atoms with van der Waals surface area (Å²) in [6.07, 6.45) is 13.0. The zero-order valence-electron chi connectivity index (χ0n) is 32.1. The molecule has 1 atom stereocenters. The fraction of sp³-hybridized carbons (Fsp3) is 0.442. The highest BCUT2D eigenvalue weighted by Crippen LogP contribution is 2.48. The molecule has 3 amide bonds. The predicted molar refractivity (Wildman–Crippen MR) is 216 cm³/mol. The molecule has 10 nitrogen and oxygen atoms in total. The van der Waals surface area contributed by atoms with Crippen molar-refractivity contribution in [2.24, 2.45) is 0 Å². The first-order chi connectivity index (χ1) is 25.8. The molecular formula is C43H52N5O5S+. The molecule has 11 heteroatoms. The molecule has 54 heavy (non-hydrogen) atoms. The van der Waals surface area contributed by atoms with E-state index in [-0.39, 0.29) is 58.3 Å². The molecule has 4 heterocycles. The molecule has 3 aromatic rings. The van der Waals surface area contributed by atoms with Crippen molar-refractivity contribution in [2.45, 2.75) is 96.4 Å². The molecule has 1 N–H and O–H groups in total. The summed E-state index contributed by atoms with van der Waals surface area (Å²) >= 11 is 1.75. The van der Waals surface area contributed by atoms with Gasteiger partial charge in [-0.1, -0.05) is 26.0 Å². The Kier molecular flexibility index (Phi) is 11.7. The van der Waals surface area contributed by atoms with Crippen LogP contribution in [0.25, 0.3) is 10.4 Å². The maximum atomic E-state index is 12.5. The molecule has 0 fully saturated rings. The number of fused-ring (bicyclic) bond motifs is 2. The van der Waals surface area contributed by atoms with Gasteiger partial charge in [0.25, 0.3) is 17.5 Å². The Bertz CT molecular complexity index is 1990. The van der Waals surface area contributed by atoms with Gasteiger partial charge in [0.05, 0.1) is 10.3 Å². The summed E-state index contributed by atoms with van der Waals surface area (Å²) in [7, 11) is 0. The van der Waals surface area contributed by atoms with Gasteiger partial charge in [-0.3, -0.25) is 29.4 Å². The largest absolute Gasteiger partial charge is 0.368 e. The number of benzene rings is 2. The molecule has 0 saturated heterocycles. The highest BCUT2D eigenvalue weighted by atomic mass is 32.1. The molecule has 3 aliphatic rings. The number of nitrogens with zero attached hydrogens (tertiary/aromatic N) is 4. The summed E-state index contributed by atoms with van der Waals surface area (Å²) in [6.45, 7) is 13.3. The third-order valence-electron chi connectivity index (χ3n) is 11.4. The first-order valence-electron chi connectivity index (χ1n) is 19.2. The van der Waals surface area contributed by atoms with E-state index in [0.29, 0.717) is 6.42 Å². The molecule has 0 radical (unpaired) electrons. The van der Waals surface area contributed by atoms with E-state index in [2.05, 4.69) is 97.3 Å². The van der Waals surface area contributed by atoms with E-state index in [4.69, 9.17) is 0 Å². The minimum absolute atomic E-state index is 0.0701. The third-order valence-corrected chi connectivity index (χ3v) is 12.3. The monoisotopic (exact) mass is 750 g/mol. The lowest BCUT2D eigenvalue weighted by Gasteiger charge is -2.34. The summed E-state index contributed by atoms with van der Waals surface area (Å²) in [5, 5.41) is 16.5. The molecule has 6 rings (SSSR count). The highest BCUT2D eigenvalue weighted by Gasteiger charge is 2.45. The molecule has 284 valence electrons. The number of non-ortho nitro benzene ring substituents is 1. The Morgan fingerprint density at radius 3 is 2.48 bits per heavy atom. The Labute approximate surface area is 322 Å². The normalized spacial score (nSPS) is 18.3. The molecule has 1 aromatic heterocycles. The van der Waals surface area contributed by atoms with E-state index in [1.54, 1.807) is 23.5 Å². The number of unbranched alkanes of at least 4 members (excludes halogenated alkanes) is 3. The minimum atomic E-state index is -0.339. The van der Waals surface area contributed by atoms with Gasteiger partial charge >= 0.3 is 0 Å². The molecule has 0 bridgehead atoms. The van der Waals surface area contributed by atoms with E-state index >= 15 is 0 Å². The number of anilines is 1. The summed E-state index contributed by atoms with van der Waals surface area (Å²) in [4.78, 5) is 52.0. The van der Waals surface area contributed by atoms with Crippen molar-refractivity contribution < 1.29 is 23.9 Å². The molecule has 0 saturated carbocycles. The lowest BCUT2D eigenvalue weighted by atomic mass is 9.78. The van der Waals surface area contributed by atoms with Crippen LogP contribution in [0.3, 0.4) is 0 Å². The van der Waals surface area contributed by atoms with Crippen LogP contribution in [0.5, 0.6) is 0 Å². The van der Waals surface area contributed by atoms with Crippen molar-refractivity contribution in [1.29, 1.82) is 0 Å². The molecule has 2 aromatic carbocycles. The van der Waals surface area contributed by atoms with Crippen LogP contribution in [-0.2, 0) is 25.2 Å². The topological polar surface area (TPSA) is 116 Å². The van der Waals surface area contributed by atoms with E-state index in [1.165, 1.54) is 39.6 Å². The second-order valence-electron chi connectivity index (χ2n) is 15.5. The first-order valence-corrected chi connectivity index (χ1v) is 20.1. The van der Waals surface area contributed by atoms with Gasteiger partial charge in [0.2, 0.25) is 11.6 Å². The Hall–Kier alpha value is -4.90. The molecule has 0 aliphatic carbocycles. The van der Waals surface area contributed by atoms with Gasteiger partial charge in [-0.2, -0.15) is 4.58 Å². The Balaban J connectivity index is 1.09. The number of nitrogens with one attached hydrogen (secondary N) is 1. The van der Waals surface area contributed by atoms with Crippen LogP contribution >= 0.6 is 11.3 Å². The first kappa shape index (κ1) is 38.8. The van der Waals surface area contributed by atoms with Crippen LogP contribution < -0.4 is 10.2 Å². The van der Waals surface area contributed by atoms with Crippen LogP contribution in [-0.4, -0.2) is 70.1 Å². The SMILES string of the molecule is CCN1c2ccc([N+](=O)[O-])cc2C(C)(C)C1CCCC=CC1=[N+](CCCCCC(=O)NCCN2C(=O)C=CC2=O)c2ccc(-c3cccs3)cc2C1(C)C. The van der Waals surface area contributed by atoms with Gasteiger partial charge in [-0.05, 0) is 93.6 Å². The van der Waals surface area contributed by atoms with Gasteiger partial charge in [0.15, 0.2) is 5.71 Å². The quantitative estimate of drug-likeness (QED) is 0.0489. The molecule has 1 unspecified atom stereocenters. The molecule has 0 spiro atoms. The summed E-state index contributed by atoms with van der Waals surface area (Å²) < 4.78 is 2.46. The zero-order chi connectivity index (χ0) is 38.6. The van der Waals surface area contributed by atoms with E-state index < -0.39 is 0 Å². The molecule has 3 aliphatic heterocycles. The number of amides is 3. The number of rotatable bonds is 17. The number of hydrogen-bond acceptors (Lipinski definition) is 7. The standard InChI is InChI=1S/C43H51N5O5S/c1-6-45-34-21-19-31(48(52)53)29-33(34)43(4,5)37(45)15-9-7-10-16-38-42(2,3)32-28-30(36-14-13-27-54-36)18-20-35(32)46(38)25-12-8-11-17-39(49)44-24-26-47-40(50)22-23-41(47)51/h10,13-14,16,18-23,27-29,37H,6-9,11-12,15,17,24-26H2,1-5H3/p+1. The number of likely N-dealkylation sites (N-methyl/N-ethyl adjacent to an activating group) is 1. The lowest BCUT2D eigenvalue weighted by molar-refractivity contribution is -0.438. The smallest absolute Gasteiger partial charge is 0.269 e. The van der Waals surface area contributed by atoms with E-state index in [9.17, 15) is 24.5 Å². The van der Waals surface area contributed by atoms with Crippen molar-refractivity contribution in [3.05, 3.63) is 99.5 Å². The summed E-state index contributed by atoms with van der Waals surface area (Å²) in [5.74, 6) is -0.748. The van der Waals surface area contributed by atoms with Crippen LogP contribution in [0.15, 0.2) is 78.2 Å². The number of hydrogen-bond donors (Lipinski definition) is 1. The van der Waals surface area contributed by atoms with Crippen molar-refractivity contribution >= 4 is 51.8 Å². The van der Waals surface area contributed by atoms with Crippen LogP contribution in [0.2, 0.25) is 0 Å². The number of nitro benzene ring substituents is 1. The number of allylic oxidation sites excluding steroid dienone is 2. The van der Waals surface area contributed by atoms with Crippen LogP contribution in [0.1, 0.15) is 90.7 Å². The Morgan fingerprint density at radius 2 is 1.78 bits per heavy atom. The summed E-state index contributed by atoms with van der Waals surface area (Å²) in [6, 6.07) is 16.7. The van der Waals surface area contributed by atoms with Crippen LogP contribution in [0.4, 0.5) is 17.1 Å². The molecular weight excluding hydrogens is 699 g/mol. The lowest BCUT2D eigenvalue weighted by Crippen LogP contribution is -2.41. The Morgan fingerprint density at radius 1 is 1.00 bits per heavy atom. The number of nitro groups is 1. The van der Waals surface area contributed by atoms with Gasteiger partial charge in [-0.25, -0.2) is 0 Å². The second kappa shape index (κ2) is 16.2. The number of carbonyl (C=O) groups is 3. The average molecular weight is 751 g/mol. The van der Waals surface area contributed by atoms with Gasteiger partial charge in [0, 0.05) is 96.5 Å². The zero-order valence-corrected chi connectivity index (χ0v) is 32.9. The number of thiophene rings is 1. The third kappa shape index (κ3) is 7.83. The van der Waals surface area contributed by atoms with Gasteiger partial charge in [-0.15, -0.1) is 11.3 Å². The second-order valence-corrected chi connectivity index (χ2v) is 16.5. The summed E-state index contributed by atoms with van der Waals surface area (Å²) in [5.41, 5.74) is 6.97. The van der Waals surface area contributed by atoms with Crippen molar-refractivity contribution in [1.82, 2.24) is 10.2 Å². The fourth-order valence-corrected chi connectivity index (χ4v) is 9.19. The minimum Gasteiger partial charge on any atom is -0.368 e. The van der Waals surface area contributed by atoms with Gasteiger partial charge in [0.1, 0.15) is 6.54 Å². The predicted octanol–water partition coefficient (Wildman–Crippen LogP) is 8.21. The number of imide groups is 1. The van der Waals surface area contributed by atoms with Crippen molar-refractivity contribution in [3.63, 3.8) is 0 Å². The maximum absolute atomic E-state index is 12.5. The van der Waals surface area contributed by atoms with Crippen LogP contribution in [0, 0.1) is 10.1 Å².